The van der Waals surface area contributed by atoms with Crippen molar-refractivity contribution in [3.8, 4) is 11.5 Å². The molecule has 1 saturated heterocycles. The number of benzene rings is 2. The van der Waals surface area contributed by atoms with Crippen molar-refractivity contribution < 1.29 is 24.2 Å². The Morgan fingerprint density at radius 2 is 1.72 bits per heavy atom. The first-order chi connectivity index (χ1) is 15.3. The van der Waals surface area contributed by atoms with Crippen LogP contribution in [0.25, 0.3) is 5.76 Å². The summed E-state index contributed by atoms with van der Waals surface area (Å²) >= 11 is 5.96. The van der Waals surface area contributed by atoms with E-state index in [1.54, 1.807) is 42.5 Å². The highest BCUT2D eigenvalue weighted by molar-refractivity contribution is 6.46. The quantitative estimate of drug-likeness (QED) is 0.369. The molecule has 1 fully saturated rings. The second-order valence-electron chi connectivity index (χ2n) is 7.77. The molecule has 8 heteroatoms. The molecule has 1 heterocycles. The van der Waals surface area contributed by atoms with Gasteiger partial charge in [-0.2, -0.15) is 0 Å². The minimum Gasteiger partial charge on any atom is -0.507 e. The van der Waals surface area contributed by atoms with Crippen LogP contribution in [0, 0.1) is 0 Å². The molecule has 1 aliphatic rings. The Morgan fingerprint density at radius 1 is 1.06 bits per heavy atom. The zero-order valence-electron chi connectivity index (χ0n) is 18.6. The van der Waals surface area contributed by atoms with Crippen molar-refractivity contribution in [1.29, 1.82) is 0 Å². The fourth-order valence-corrected chi connectivity index (χ4v) is 3.93. The second kappa shape index (κ2) is 10.1. The molecule has 0 radical (unpaired) electrons. The van der Waals surface area contributed by atoms with Gasteiger partial charge in [0.1, 0.15) is 5.76 Å². The summed E-state index contributed by atoms with van der Waals surface area (Å²) in [6, 6.07) is 10.9. The van der Waals surface area contributed by atoms with Gasteiger partial charge < -0.3 is 24.4 Å². The number of hydrogen-bond acceptors (Lipinski definition) is 6. The molecule has 3 rings (SSSR count). The van der Waals surface area contributed by atoms with Gasteiger partial charge in [0, 0.05) is 17.1 Å². The van der Waals surface area contributed by atoms with Gasteiger partial charge in [-0.25, -0.2) is 0 Å². The van der Waals surface area contributed by atoms with E-state index in [9.17, 15) is 14.7 Å². The lowest BCUT2D eigenvalue weighted by molar-refractivity contribution is -0.139. The maximum absolute atomic E-state index is 13.1. The van der Waals surface area contributed by atoms with E-state index < -0.39 is 17.7 Å². The van der Waals surface area contributed by atoms with Gasteiger partial charge in [0.05, 0.1) is 25.8 Å². The smallest absolute Gasteiger partial charge is 0.295 e. The molecule has 0 saturated carbocycles. The van der Waals surface area contributed by atoms with Gasteiger partial charge in [0.25, 0.3) is 11.7 Å². The summed E-state index contributed by atoms with van der Waals surface area (Å²) in [6.45, 7) is 1.11. The van der Waals surface area contributed by atoms with Crippen LogP contribution in [0.15, 0.2) is 48.0 Å². The summed E-state index contributed by atoms with van der Waals surface area (Å²) < 4.78 is 10.7. The van der Waals surface area contributed by atoms with E-state index in [4.69, 9.17) is 21.1 Å². The fraction of sp³-hybridized carbons (Fsp3) is 0.333. The Hall–Kier alpha value is -3.03. The van der Waals surface area contributed by atoms with Crippen LogP contribution in [0.4, 0.5) is 0 Å². The van der Waals surface area contributed by atoms with Crippen LogP contribution < -0.4 is 9.47 Å². The third kappa shape index (κ3) is 4.74. The highest BCUT2D eigenvalue weighted by Gasteiger charge is 2.46. The molecule has 1 atom stereocenters. The van der Waals surface area contributed by atoms with Gasteiger partial charge in [-0.05, 0) is 69.0 Å². The van der Waals surface area contributed by atoms with Gasteiger partial charge in [-0.15, -0.1) is 0 Å². The van der Waals surface area contributed by atoms with Crippen LogP contribution in [0.2, 0.25) is 5.02 Å². The summed E-state index contributed by atoms with van der Waals surface area (Å²) in [5.41, 5.74) is 1.09. The van der Waals surface area contributed by atoms with Crippen LogP contribution >= 0.6 is 11.6 Å². The zero-order chi connectivity index (χ0) is 23.4. The van der Waals surface area contributed by atoms with Crippen LogP contribution in [-0.4, -0.2) is 68.0 Å². The molecule has 0 bridgehead atoms. The number of likely N-dealkylation sites (tertiary alicyclic amines) is 1. The van der Waals surface area contributed by atoms with Crippen molar-refractivity contribution in [2.45, 2.75) is 12.5 Å². The topological polar surface area (TPSA) is 79.3 Å². The number of halogens is 1. The highest BCUT2D eigenvalue weighted by atomic mass is 35.5. The average molecular weight is 459 g/mol. The van der Waals surface area contributed by atoms with Crippen molar-refractivity contribution in [1.82, 2.24) is 9.80 Å². The fourth-order valence-electron chi connectivity index (χ4n) is 3.80. The summed E-state index contributed by atoms with van der Waals surface area (Å²) in [5.74, 6) is -0.607. The number of aliphatic hydroxyl groups is 1. The van der Waals surface area contributed by atoms with Crippen LogP contribution in [0.3, 0.4) is 0 Å². The van der Waals surface area contributed by atoms with Crippen LogP contribution in [0.5, 0.6) is 11.5 Å². The third-order valence-corrected chi connectivity index (χ3v) is 5.64. The lowest BCUT2D eigenvalue weighted by Crippen LogP contribution is -2.32. The maximum Gasteiger partial charge on any atom is 0.295 e. The van der Waals surface area contributed by atoms with Crippen molar-refractivity contribution in [2.75, 3.05) is 41.4 Å². The third-order valence-electron chi connectivity index (χ3n) is 5.39. The lowest BCUT2D eigenvalue weighted by Gasteiger charge is -2.26. The minimum absolute atomic E-state index is 0.0365. The summed E-state index contributed by atoms with van der Waals surface area (Å²) in [7, 11) is 6.94. The molecule has 0 spiro atoms. The van der Waals surface area contributed by atoms with Crippen molar-refractivity contribution in [3.63, 3.8) is 0 Å². The Labute approximate surface area is 192 Å². The average Bonchev–Trinajstić information content (AvgIpc) is 3.03. The predicted octanol–water partition coefficient (Wildman–Crippen LogP) is 3.73. The molecule has 0 aromatic heterocycles. The first kappa shape index (κ1) is 23.6. The number of rotatable bonds is 8. The first-order valence-corrected chi connectivity index (χ1v) is 10.6. The number of hydrogen-bond donors (Lipinski definition) is 1. The van der Waals surface area contributed by atoms with Gasteiger partial charge in [0.15, 0.2) is 11.5 Å². The monoisotopic (exact) mass is 458 g/mol. The van der Waals surface area contributed by atoms with Crippen molar-refractivity contribution >= 4 is 29.1 Å². The number of nitrogens with zero attached hydrogens (tertiary/aromatic N) is 2. The Kier molecular flexibility index (Phi) is 7.43. The number of ketones is 1. The van der Waals surface area contributed by atoms with E-state index in [-0.39, 0.29) is 11.3 Å². The first-order valence-electron chi connectivity index (χ1n) is 10.2. The number of methoxy groups -OCH3 is 2. The van der Waals surface area contributed by atoms with E-state index >= 15 is 0 Å². The maximum atomic E-state index is 13.1. The molecule has 1 aliphatic heterocycles. The van der Waals surface area contributed by atoms with Gasteiger partial charge >= 0.3 is 0 Å². The van der Waals surface area contributed by atoms with E-state index in [1.807, 2.05) is 19.0 Å². The number of carbonyl (C=O) groups excluding carboxylic acids is 2. The van der Waals surface area contributed by atoms with Crippen molar-refractivity contribution in [2.24, 2.45) is 0 Å². The van der Waals surface area contributed by atoms with Gasteiger partial charge in [-0.3, -0.25) is 9.59 Å². The molecular formula is C24H27ClN2O5. The number of Topliss-reactive ketones (excluding diaryl/α,β-unsaturated/α-hetero) is 1. The van der Waals surface area contributed by atoms with E-state index in [0.29, 0.717) is 40.6 Å². The van der Waals surface area contributed by atoms with E-state index in [0.717, 1.165) is 6.54 Å². The molecule has 32 heavy (non-hydrogen) atoms. The minimum atomic E-state index is -0.757. The van der Waals surface area contributed by atoms with Gasteiger partial charge in [0.2, 0.25) is 0 Å². The Bertz CT molecular complexity index is 1030. The zero-order valence-corrected chi connectivity index (χ0v) is 19.3. The second-order valence-corrected chi connectivity index (χ2v) is 8.21. The van der Waals surface area contributed by atoms with E-state index in [1.165, 1.54) is 19.1 Å². The number of ether oxygens (including phenoxy) is 2. The Balaban J connectivity index is 2.13. The van der Waals surface area contributed by atoms with Crippen LogP contribution in [0.1, 0.15) is 23.6 Å². The standard InChI is InChI=1S/C24H27ClN2O5/c1-26(2)12-5-13-27-21(16-8-11-18(31-3)19(14-16)32-4)20(23(29)24(27)30)22(28)15-6-9-17(25)10-7-15/h6-11,14,21,28H,5,12-13H2,1-4H3. The molecule has 2 aromatic rings. The molecule has 1 unspecified atom stereocenters. The molecule has 0 aliphatic carbocycles. The molecule has 170 valence electrons. The number of amides is 1. The molecule has 7 nitrogen and oxygen atoms in total. The lowest BCUT2D eigenvalue weighted by atomic mass is 9.95. The number of carbonyl (C=O) groups is 2. The van der Waals surface area contributed by atoms with E-state index in [2.05, 4.69) is 0 Å². The SMILES string of the molecule is COc1ccc(C2C(=C(O)c3ccc(Cl)cc3)C(=O)C(=O)N2CCCN(C)C)cc1OC. The summed E-state index contributed by atoms with van der Waals surface area (Å²) in [5, 5.41) is 11.6. The molecule has 2 aromatic carbocycles. The highest BCUT2D eigenvalue weighted by Crippen LogP contribution is 2.42. The van der Waals surface area contributed by atoms with Crippen LogP contribution in [-0.2, 0) is 9.59 Å². The normalized spacial score (nSPS) is 17.8. The summed E-state index contributed by atoms with van der Waals surface area (Å²) in [4.78, 5) is 29.6. The molecule has 1 N–H and O–H groups in total. The molecular weight excluding hydrogens is 432 g/mol. The predicted molar refractivity (Wildman–Crippen MR) is 123 cm³/mol. The largest absolute Gasteiger partial charge is 0.507 e. The summed E-state index contributed by atoms with van der Waals surface area (Å²) in [6.07, 6.45) is 0.671. The molecule has 1 amide bonds. The van der Waals surface area contributed by atoms with Gasteiger partial charge in [-0.1, -0.05) is 17.7 Å². The number of aliphatic hydroxyl groups excluding tert-OH is 1. The Morgan fingerprint density at radius 3 is 2.31 bits per heavy atom. The van der Waals surface area contributed by atoms with Crippen molar-refractivity contribution in [3.05, 3.63) is 64.2 Å².